The highest BCUT2D eigenvalue weighted by atomic mass is 32.2. The van der Waals surface area contributed by atoms with Crippen molar-refractivity contribution in [2.75, 3.05) is 25.5 Å². The van der Waals surface area contributed by atoms with Gasteiger partial charge in [0.05, 0.1) is 17.6 Å². The molecule has 1 aliphatic rings. The predicted octanol–water partition coefficient (Wildman–Crippen LogP) is 3.89. The van der Waals surface area contributed by atoms with Gasteiger partial charge >= 0.3 is 6.18 Å². The Balaban J connectivity index is 1.63. The first kappa shape index (κ1) is 23.0. The van der Waals surface area contributed by atoms with Crippen LogP contribution in [0.25, 0.3) is 0 Å². The molecule has 0 radical (unpaired) electrons. The number of methoxy groups -OCH3 is 1. The Labute approximate surface area is 176 Å². The van der Waals surface area contributed by atoms with Crippen LogP contribution in [0.4, 0.5) is 23.2 Å². The Morgan fingerprint density at radius 3 is 2.26 bits per heavy atom. The molecular formula is C20H20F4N2O4S. The quantitative estimate of drug-likeness (QED) is 0.687. The summed E-state index contributed by atoms with van der Waals surface area (Å²) in [6, 6.07) is 8.15. The van der Waals surface area contributed by atoms with Crippen LogP contribution in [0.2, 0.25) is 0 Å². The Morgan fingerprint density at radius 2 is 1.71 bits per heavy atom. The number of piperidine rings is 1. The first-order valence-corrected chi connectivity index (χ1v) is 10.8. The summed E-state index contributed by atoms with van der Waals surface area (Å²) in [4.78, 5) is 12.5. The van der Waals surface area contributed by atoms with Crippen molar-refractivity contribution in [2.45, 2.75) is 23.9 Å². The van der Waals surface area contributed by atoms with Gasteiger partial charge in [-0.1, -0.05) is 0 Å². The number of rotatable bonds is 5. The summed E-state index contributed by atoms with van der Waals surface area (Å²) in [5.41, 5.74) is -1.64. The topological polar surface area (TPSA) is 75.7 Å². The van der Waals surface area contributed by atoms with Crippen LogP contribution in [0.1, 0.15) is 18.4 Å². The van der Waals surface area contributed by atoms with Crippen LogP contribution in [0.5, 0.6) is 5.75 Å². The van der Waals surface area contributed by atoms with E-state index in [0.717, 1.165) is 6.07 Å². The molecule has 0 aromatic heterocycles. The molecule has 31 heavy (non-hydrogen) atoms. The van der Waals surface area contributed by atoms with E-state index in [-0.39, 0.29) is 36.5 Å². The van der Waals surface area contributed by atoms with E-state index in [9.17, 15) is 30.8 Å². The molecule has 0 unspecified atom stereocenters. The van der Waals surface area contributed by atoms with Gasteiger partial charge in [0, 0.05) is 24.7 Å². The maximum Gasteiger partial charge on any atom is 0.419 e. The number of nitrogens with one attached hydrogen (secondary N) is 1. The van der Waals surface area contributed by atoms with Crippen LogP contribution in [-0.2, 0) is 21.0 Å². The molecule has 11 heteroatoms. The number of nitrogens with zero attached hydrogens (tertiary/aromatic N) is 1. The van der Waals surface area contributed by atoms with Gasteiger partial charge in [-0.2, -0.15) is 17.5 Å². The first-order valence-electron chi connectivity index (χ1n) is 9.34. The van der Waals surface area contributed by atoms with Gasteiger partial charge in [-0.15, -0.1) is 0 Å². The van der Waals surface area contributed by atoms with Crippen LogP contribution in [0.15, 0.2) is 47.4 Å². The average molecular weight is 460 g/mol. The molecule has 1 fully saturated rings. The van der Waals surface area contributed by atoms with Gasteiger partial charge in [0.15, 0.2) is 0 Å². The van der Waals surface area contributed by atoms with Gasteiger partial charge in [-0.3, -0.25) is 4.79 Å². The summed E-state index contributed by atoms with van der Waals surface area (Å²) >= 11 is 0. The van der Waals surface area contributed by atoms with Crippen LogP contribution >= 0.6 is 0 Å². The molecular weight excluding hydrogens is 440 g/mol. The molecule has 1 heterocycles. The van der Waals surface area contributed by atoms with E-state index in [1.54, 1.807) is 0 Å². The van der Waals surface area contributed by atoms with Gasteiger partial charge < -0.3 is 10.1 Å². The smallest absolute Gasteiger partial charge is 0.419 e. The Bertz CT molecular complexity index is 1050. The number of ether oxygens (including phenoxy) is 1. The molecule has 3 rings (SSSR count). The number of carbonyl (C=O) groups excluding carboxylic acids is 1. The normalized spacial score (nSPS) is 16.2. The van der Waals surface area contributed by atoms with Crippen molar-refractivity contribution < 1.29 is 35.5 Å². The zero-order valence-corrected chi connectivity index (χ0v) is 17.3. The van der Waals surface area contributed by atoms with Crippen molar-refractivity contribution in [1.29, 1.82) is 0 Å². The molecule has 0 bridgehead atoms. The van der Waals surface area contributed by atoms with Crippen molar-refractivity contribution in [2.24, 2.45) is 5.92 Å². The number of amides is 1. The number of benzene rings is 2. The van der Waals surface area contributed by atoms with Crippen molar-refractivity contribution >= 4 is 21.6 Å². The number of halogens is 4. The van der Waals surface area contributed by atoms with E-state index < -0.39 is 39.4 Å². The maximum atomic E-state index is 13.4. The van der Waals surface area contributed by atoms with E-state index in [1.807, 2.05) is 0 Å². The molecule has 2 aromatic rings. The SMILES string of the molecule is COc1ccc(S(=O)(=O)N2CCC(C(=O)Nc3ccc(F)c(C(F)(F)F)c3)CC2)cc1. The van der Waals surface area contributed by atoms with Gasteiger partial charge in [0.25, 0.3) is 0 Å². The van der Waals surface area contributed by atoms with E-state index >= 15 is 0 Å². The summed E-state index contributed by atoms with van der Waals surface area (Å²) in [5.74, 6) is -2.03. The average Bonchev–Trinajstić information content (AvgIpc) is 2.74. The van der Waals surface area contributed by atoms with Crippen molar-refractivity contribution in [1.82, 2.24) is 4.31 Å². The third-order valence-corrected chi connectivity index (χ3v) is 6.97. The molecule has 0 atom stereocenters. The highest BCUT2D eigenvalue weighted by Crippen LogP contribution is 2.33. The Hall–Kier alpha value is -2.66. The number of alkyl halides is 3. The van der Waals surface area contributed by atoms with Gasteiger partial charge in [0.1, 0.15) is 11.6 Å². The molecule has 1 saturated heterocycles. The lowest BCUT2D eigenvalue weighted by Gasteiger charge is -2.30. The van der Waals surface area contributed by atoms with E-state index in [2.05, 4.69) is 5.32 Å². The Morgan fingerprint density at radius 1 is 1.10 bits per heavy atom. The minimum atomic E-state index is -4.88. The maximum absolute atomic E-state index is 13.4. The van der Waals surface area contributed by atoms with Gasteiger partial charge in [-0.25, -0.2) is 12.8 Å². The monoisotopic (exact) mass is 460 g/mol. The second-order valence-corrected chi connectivity index (χ2v) is 8.97. The number of hydrogen-bond acceptors (Lipinski definition) is 4. The van der Waals surface area contributed by atoms with E-state index in [1.165, 1.54) is 35.7 Å². The minimum absolute atomic E-state index is 0.0870. The second-order valence-electron chi connectivity index (χ2n) is 7.04. The van der Waals surface area contributed by atoms with Gasteiger partial charge in [-0.05, 0) is 55.3 Å². The Kier molecular flexibility index (Phi) is 6.56. The van der Waals surface area contributed by atoms with Crippen molar-refractivity contribution in [3.05, 3.63) is 53.8 Å². The molecule has 0 spiro atoms. The lowest BCUT2D eigenvalue weighted by atomic mass is 9.97. The first-order chi connectivity index (χ1) is 14.5. The largest absolute Gasteiger partial charge is 0.497 e. The number of anilines is 1. The van der Waals surface area contributed by atoms with Crippen molar-refractivity contribution in [3.8, 4) is 5.75 Å². The number of hydrogen-bond donors (Lipinski definition) is 1. The summed E-state index contributed by atoms with van der Waals surface area (Å²) < 4.78 is 83.7. The second kappa shape index (κ2) is 8.83. The summed E-state index contributed by atoms with van der Waals surface area (Å²) in [5, 5.41) is 2.36. The minimum Gasteiger partial charge on any atom is -0.497 e. The third kappa shape index (κ3) is 5.16. The predicted molar refractivity (Wildman–Crippen MR) is 105 cm³/mol. The third-order valence-electron chi connectivity index (χ3n) is 5.06. The molecule has 0 aliphatic carbocycles. The summed E-state index contributed by atoms with van der Waals surface area (Å²) in [6.07, 6.45) is -4.48. The number of sulfonamides is 1. The standard InChI is InChI=1S/C20H20F4N2O4S/c1-30-15-3-5-16(6-4-15)31(28,29)26-10-8-13(9-11-26)19(27)25-14-2-7-18(21)17(12-14)20(22,23)24/h2-7,12-13H,8-11H2,1H3,(H,25,27). The van der Waals surface area contributed by atoms with Crippen molar-refractivity contribution in [3.63, 3.8) is 0 Å². The van der Waals surface area contributed by atoms with E-state index in [4.69, 9.17) is 4.74 Å². The molecule has 2 aromatic carbocycles. The molecule has 1 N–H and O–H groups in total. The molecule has 168 valence electrons. The summed E-state index contributed by atoms with van der Waals surface area (Å²) in [7, 11) is -2.27. The fourth-order valence-corrected chi connectivity index (χ4v) is 4.79. The van der Waals surface area contributed by atoms with Crippen LogP contribution in [0.3, 0.4) is 0 Å². The molecule has 6 nitrogen and oxygen atoms in total. The lowest BCUT2D eigenvalue weighted by molar-refractivity contribution is -0.140. The van der Waals surface area contributed by atoms with Gasteiger partial charge in [0.2, 0.25) is 15.9 Å². The zero-order valence-electron chi connectivity index (χ0n) is 16.4. The lowest BCUT2D eigenvalue weighted by Crippen LogP contribution is -2.41. The van der Waals surface area contributed by atoms with E-state index in [0.29, 0.717) is 17.9 Å². The van der Waals surface area contributed by atoms with Crippen LogP contribution in [0, 0.1) is 11.7 Å². The summed E-state index contributed by atoms with van der Waals surface area (Å²) in [6.45, 7) is 0.174. The zero-order chi connectivity index (χ0) is 22.8. The molecule has 0 saturated carbocycles. The van der Waals surface area contributed by atoms with Crippen LogP contribution < -0.4 is 10.1 Å². The fraction of sp³-hybridized carbons (Fsp3) is 0.350. The molecule has 1 aliphatic heterocycles. The van der Waals surface area contributed by atoms with Crippen LogP contribution in [-0.4, -0.2) is 38.8 Å². The fourth-order valence-electron chi connectivity index (χ4n) is 3.32. The highest BCUT2D eigenvalue weighted by molar-refractivity contribution is 7.89. The molecule has 1 amide bonds. The highest BCUT2D eigenvalue weighted by Gasteiger charge is 2.35. The number of carbonyl (C=O) groups is 1.